The fourth-order valence-electron chi connectivity index (χ4n) is 1.56. The number of likely N-dealkylation sites (tertiary alicyclic amines) is 1. The van der Waals surface area contributed by atoms with Crippen LogP contribution >= 0.6 is 0 Å². The lowest BCUT2D eigenvalue weighted by atomic mass is 10.0. The van der Waals surface area contributed by atoms with Crippen molar-refractivity contribution in [3.63, 3.8) is 0 Å². The molecule has 3 unspecified atom stereocenters. The van der Waals surface area contributed by atoms with Gasteiger partial charge >= 0.3 is 6.03 Å². The van der Waals surface area contributed by atoms with Crippen LogP contribution in [0.2, 0.25) is 0 Å². The van der Waals surface area contributed by atoms with E-state index in [0.29, 0.717) is 18.9 Å². The van der Waals surface area contributed by atoms with Crippen molar-refractivity contribution in [3.8, 4) is 0 Å². The Morgan fingerprint density at radius 3 is 2.62 bits per heavy atom. The van der Waals surface area contributed by atoms with E-state index in [1.165, 1.54) is 4.90 Å². The van der Waals surface area contributed by atoms with Crippen LogP contribution in [0.25, 0.3) is 0 Å². The van der Waals surface area contributed by atoms with Crippen LogP contribution in [0, 0.1) is 5.92 Å². The van der Waals surface area contributed by atoms with Crippen molar-refractivity contribution in [1.82, 2.24) is 10.2 Å². The third kappa shape index (κ3) is 3.33. The Morgan fingerprint density at radius 1 is 1.50 bits per heavy atom. The normalized spacial score (nSPS) is 28.0. The van der Waals surface area contributed by atoms with E-state index < -0.39 is 12.2 Å². The first-order chi connectivity index (χ1) is 7.41. The van der Waals surface area contributed by atoms with Crippen molar-refractivity contribution >= 4 is 6.03 Å². The maximum Gasteiger partial charge on any atom is 0.317 e. The van der Waals surface area contributed by atoms with Gasteiger partial charge in [0.05, 0.1) is 6.54 Å². The van der Waals surface area contributed by atoms with E-state index in [1.54, 1.807) is 0 Å². The molecular formula is C11H22FN3O. The highest BCUT2D eigenvalue weighted by Crippen LogP contribution is 2.12. The van der Waals surface area contributed by atoms with Crippen LogP contribution in [-0.2, 0) is 0 Å². The van der Waals surface area contributed by atoms with Gasteiger partial charge in [-0.1, -0.05) is 13.8 Å². The van der Waals surface area contributed by atoms with Gasteiger partial charge in [-0.25, -0.2) is 9.18 Å². The molecule has 5 heteroatoms. The zero-order valence-corrected chi connectivity index (χ0v) is 10.2. The van der Waals surface area contributed by atoms with Crippen LogP contribution in [0.1, 0.15) is 27.2 Å². The van der Waals surface area contributed by atoms with Crippen molar-refractivity contribution in [2.45, 2.75) is 45.4 Å². The Hall–Kier alpha value is -0.840. The van der Waals surface area contributed by atoms with Gasteiger partial charge in [0.1, 0.15) is 6.17 Å². The summed E-state index contributed by atoms with van der Waals surface area (Å²) in [4.78, 5) is 13.3. The summed E-state index contributed by atoms with van der Waals surface area (Å²) in [5.41, 5.74) is 5.56. The predicted octanol–water partition coefficient (Wildman–Crippen LogP) is 1.11. The molecule has 0 aromatic carbocycles. The molecule has 0 radical (unpaired) electrons. The molecule has 94 valence electrons. The first-order valence-electron chi connectivity index (χ1n) is 5.87. The average molecular weight is 231 g/mol. The molecule has 1 heterocycles. The highest BCUT2D eigenvalue weighted by molar-refractivity contribution is 5.74. The molecule has 0 spiro atoms. The second-order valence-electron chi connectivity index (χ2n) is 4.90. The molecule has 0 aliphatic carbocycles. The van der Waals surface area contributed by atoms with Crippen LogP contribution in [-0.4, -0.2) is 42.3 Å². The topological polar surface area (TPSA) is 58.4 Å². The summed E-state index contributed by atoms with van der Waals surface area (Å²) >= 11 is 0. The lowest BCUT2D eigenvalue weighted by molar-refractivity contribution is 0.127. The number of piperidine rings is 1. The summed E-state index contributed by atoms with van der Waals surface area (Å²) in [5.74, 6) is 0.372. The van der Waals surface area contributed by atoms with Gasteiger partial charge in [-0.3, -0.25) is 0 Å². The summed E-state index contributed by atoms with van der Waals surface area (Å²) in [6.45, 7) is 6.67. The second-order valence-corrected chi connectivity index (χ2v) is 4.90. The SMILES string of the molecule is CC(C)C(C)NC(=O)N1CCC(N)C(F)C1. The number of halogens is 1. The zero-order chi connectivity index (χ0) is 12.3. The van der Waals surface area contributed by atoms with E-state index in [4.69, 9.17) is 5.73 Å². The number of rotatable bonds is 2. The molecular weight excluding hydrogens is 209 g/mol. The Morgan fingerprint density at radius 2 is 2.12 bits per heavy atom. The number of alkyl halides is 1. The number of urea groups is 1. The molecule has 1 saturated heterocycles. The maximum absolute atomic E-state index is 13.3. The Labute approximate surface area is 96.4 Å². The molecule has 2 amide bonds. The highest BCUT2D eigenvalue weighted by atomic mass is 19.1. The molecule has 16 heavy (non-hydrogen) atoms. The van der Waals surface area contributed by atoms with Gasteiger partial charge in [0.15, 0.2) is 0 Å². The Kier molecular flexibility index (Phi) is 4.53. The van der Waals surface area contributed by atoms with E-state index >= 15 is 0 Å². The number of nitrogens with two attached hydrogens (primary N) is 1. The lowest BCUT2D eigenvalue weighted by Crippen LogP contribution is -2.54. The largest absolute Gasteiger partial charge is 0.335 e. The van der Waals surface area contributed by atoms with Crippen molar-refractivity contribution in [3.05, 3.63) is 0 Å². The molecule has 1 aliphatic heterocycles. The minimum Gasteiger partial charge on any atom is -0.335 e. The van der Waals surface area contributed by atoms with Crippen LogP contribution in [0.3, 0.4) is 0 Å². The average Bonchev–Trinajstić information content (AvgIpc) is 2.21. The first-order valence-corrected chi connectivity index (χ1v) is 5.87. The maximum atomic E-state index is 13.3. The smallest absolute Gasteiger partial charge is 0.317 e. The number of nitrogens with one attached hydrogen (secondary N) is 1. The molecule has 3 N–H and O–H groups in total. The van der Waals surface area contributed by atoms with Gasteiger partial charge in [-0.2, -0.15) is 0 Å². The van der Waals surface area contributed by atoms with Gasteiger partial charge in [0, 0.05) is 18.6 Å². The first kappa shape index (κ1) is 13.2. The molecule has 0 aromatic heterocycles. The summed E-state index contributed by atoms with van der Waals surface area (Å²) in [5, 5.41) is 2.86. The minimum atomic E-state index is -1.10. The number of carbonyl (C=O) groups is 1. The number of nitrogens with zero attached hydrogens (tertiary/aromatic N) is 1. The van der Waals surface area contributed by atoms with Crippen molar-refractivity contribution in [2.24, 2.45) is 11.7 Å². The molecule has 1 aliphatic rings. The highest BCUT2D eigenvalue weighted by Gasteiger charge is 2.29. The molecule has 3 atom stereocenters. The lowest BCUT2D eigenvalue weighted by Gasteiger charge is -2.34. The summed E-state index contributed by atoms with van der Waals surface area (Å²) in [6, 6.07) is -0.511. The standard InChI is InChI=1S/C11H22FN3O/c1-7(2)8(3)14-11(16)15-5-4-10(13)9(12)6-15/h7-10H,4-6,13H2,1-3H3,(H,14,16). The van der Waals surface area contributed by atoms with Gasteiger partial charge in [0.25, 0.3) is 0 Å². The fraction of sp³-hybridized carbons (Fsp3) is 0.909. The van der Waals surface area contributed by atoms with Crippen LogP contribution in [0.15, 0.2) is 0 Å². The summed E-state index contributed by atoms with van der Waals surface area (Å²) < 4.78 is 13.3. The minimum absolute atomic E-state index is 0.0983. The third-order valence-electron chi connectivity index (χ3n) is 3.23. The van der Waals surface area contributed by atoms with Crippen molar-refractivity contribution in [2.75, 3.05) is 13.1 Å². The third-order valence-corrected chi connectivity index (χ3v) is 3.23. The van der Waals surface area contributed by atoms with Gasteiger partial charge in [0.2, 0.25) is 0 Å². The number of amides is 2. The predicted molar refractivity (Wildman–Crippen MR) is 61.9 cm³/mol. The van der Waals surface area contributed by atoms with E-state index in [1.807, 2.05) is 20.8 Å². The molecule has 0 saturated carbocycles. The van der Waals surface area contributed by atoms with E-state index in [2.05, 4.69) is 5.32 Å². The number of hydrogen-bond acceptors (Lipinski definition) is 2. The van der Waals surface area contributed by atoms with E-state index in [0.717, 1.165) is 0 Å². The zero-order valence-electron chi connectivity index (χ0n) is 10.2. The monoisotopic (exact) mass is 231 g/mol. The molecule has 1 fully saturated rings. The van der Waals surface area contributed by atoms with Gasteiger partial charge < -0.3 is 16.0 Å². The molecule has 4 nitrogen and oxygen atoms in total. The van der Waals surface area contributed by atoms with Crippen molar-refractivity contribution < 1.29 is 9.18 Å². The van der Waals surface area contributed by atoms with Gasteiger partial charge in [-0.05, 0) is 19.3 Å². The van der Waals surface area contributed by atoms with Gasteiger partial charge in [-0.15, -0.1) is 0 Å². The van der Waals surface area contributed by atoms with E-state index in [9.17, 15) is 9.18 Å². The number of carbonyl (C=O) groups excluding carboxylic acids is 1. The molecule has 0 bridgehead atoms. The number of hydrogen-bond donors (Lipinski definition) is 2. The second kappa shape index (κ2) is 5.48. The van der Waals surface area contributed by atoms with E-state index in [-0.39, 0.29) is 18.6 Å². The van der Waals surface area contributed by atoms with Crippen LogP contribution < -0.4 is 11.1 Å². The Balaban J connectivity index is 2.43. The fourth-order valence-corrected chi connectivity index (χ4v) is 1.56. The summed E-state index contributed by atoms with van der Waals surface area (Å²) in [7, 11) is 0. The van der Waals surface area contributed by atoms with Crippen LogP contribution in [0.4, 0.5) is 9.18 Å². The molecule has 1 rings (SSSR count). The van der Waals surface area contributed by atoms with Crippen molar-refractivity contribution in [1.29, 1.82) is 0 Å². The summed E-state index contributed by atoms with van der Waals surface area (Å²) in [6.07, 6.45) is -0.571. The Bertz CT molecular complexity index is 247. The molecule has 0 aromatic rings. The quantitative estimate of drug-likeness (QED) is 0.748. The van der Waals surface area contributed by atoms with Crippen LogP contribution in [0.5, 0.6) is 0 Å².